The molecule has 0 heterocycles. The Morgan fingerprint density at radius 3 is 2.70 bits per heavy atom. The third-order valence-corrected chi connectivity index (χ3v) is 2.68. The molecule has 0 radical (unpaired) electrons. The van der Waals surface area contributed by atoms with E-state index in [-0.39, 0.29) is 12.0 Å². The number of ether oxygens (including phenoxy) is 3. The van der Waals surface area contributed by atoms with Crippen LogP contribution in [0.1, 0.15) is 17.3 Å². The number of benzene rings is 1. The summed E-state index contributed by atoms with van der Waals surface area (Å²) >= 11 is 0. The summed E-state index contributed by atoms with van der Waals surface area (Å²) in [7, 11) is 3.16. The summed E-state index contributed by atoms with van der Waals surface area (Å²) in [5, 5.41) is 2.78. The average Bonchev–Trinajstić information content (AvgIpc) is 2.42. The lowest BCUT2D eigenvalue weighted by Crippen LogP contribution is -2.35. The zero-order chi connectivity index (χ0) is 15.0. The van der Waals surface area contributed by atoms with Crippen LogP contribution in [-0.2, 0) is 9.47 Å². The number of nitrogens with two attached hydrogens (primary N) is 1. The Labute approximate surface area is 119 Å². The van der Waals surface area contributed by atoms with Gasteiger partial charge in [-0.05, 0) is 19.1 Å². The minimum absolute atomic E-state index is 0.184. The van der Waals surface area contributed by atoms with E-state index >= 15 is 0 Å². The third kappa shape index (κ3) is 5.07. The lowest BCUT2D eigenvalue weighted by atomic mass is 10.1. The monoisotopic (exact) mass is 282 g/mol. The highest BCUT2D eigenvalue weighted by molar-refractivity contribution is 5.95. The van der Waals surface area contributed by atoms with Crippen molar-refractivity contribution in [2.45, 2.75) is 13.0 Å². The molecule has 0 aliphatic rings. The van der Waals surface area contributed by atoms with Gasteiger partial charge in [-0.1, -0.05) is 0 Å². The average molecular weight is 282 g/mol. The van der Waals surface area contributed by atoms with E-state index in [1.165, 1.54) is 0 Å². The first kappa shape index (κ1) is 16.3. The van der Waals surface area contributed by atoms with Crippen LogP contribution in [0.4, 0.5) is 5.69 Å². The Kier molecular flexibility index (Phi) is 6.83. The molecule has 0 saturated carbocycles. The molecule has 1 atom stereocenters. The van der Waals surface area contributed by atoms with E-state index in [0.29, 0.717) is 36.8 Å². The van der Waals surface area contributed by atoms with Crippen LogP contribution in [0.15, 0.2) is 18.2 Å². The van der Waals surface area contributed by atoms with Gasteiger partial charge in [0.15, 0.2) is 0 Å². The third-order valence-electron chi connectivity index (χ3n) is 2.68. The van der Waals surface area contributed by atoms with Crippen molar-refractivity contribution < 1.29 is 19.0 Å². The first-order valence-electron chi connectivity index (χ1n) is 6.44. The smallest absolute Gasteiger partial charge is 0.251 e. The predicted octanol–water partition coefficient (Wildman–Crippen LogP) is 1.06. The molecule has 1 aromatic carbocycles. The molecule has 0 saturated heterocycles. The van der Waals surface area contributed by atoms with E-state index in [1.807, 2.05) is 6.92 Å². The molecule has 6 heteroatoms. The van der Waals surface area contributed by atoms with Gasteiger partial charge in [-0.15, -0.1) is 0 Å². The fourth-order valence-electron chi connectivity index (χ4n) is 1.71. The van der Waals surface area contributed by atoms with Gasteiger partial charge in [0, 0.05) is 38.1 Å². The van der Waals surface area contributed by atoms with E-state index in [2.05, 4.69) is 5.32 Å². The second-order valence-corrected chi connectivity index (χ2v) is 4.25. The van der Waals surface area contributed by atoms with Gasteiger partial charge in [0.25, 0.3) is 5.91 Å². The van der Waals surface area contributed by atoms with E-state index in [4.69, 9.17) is 19.9 Å². The Morgan fingerprint density at radius 1 is 1.35 bits per heavy atom. The highest BCUT2D eigenvalue weighted by atomic mass is 16.5. The van der Waals surface area contributed by atoms with Crippen molar-refractivity contribution in [2.24, 2.45) is 0 Å². The number of rotatable bonds is 8. The Morgan fingerprint density at radius 2 is 2.10 bits per heavy atom. The van der Waals surface area contributed by atoms with Crippen molar-refractivity contribution in [2.75, 3.05) is 39.7 Å². The van der Waals surface area contributed by atoms with Crippen LogP contribution in [0.3, 0.4) is 0 Å². The number of nitrogens with one attached hydrogen (secondary N) is 1. The quantitative estimate of drug-likeness (QED) is 0.697. The maximum Gasteiger partial charge on any atom is 0.251 e. The minimum Gasteiger partial charge on any atom is -0.494 e. The molecule has 0 aliphatic carbocycles. The molecule has 0 spiro atoms. The van der Waals surface area contributed by atoms with Gasteiger partial charge in [-0.25, -0.2) is 0 Å². The van der Waals surface area contributed by atoms with Crippen molar-refractivity contribution >= 4 is 11.6 Å². The molecule has 1 aromatic rings. The van der Waals surface area contributed by atoms with Crippen molar-refractivity contribution in [1.82, 2.24) is 5.32 Å². The fraction of sp³-hybridized carbons (Fsp3) is 0.500. The normalized spacial score (nSPS) is 11.9. The molecule has 0 fully saturated rings. The summed E-state index contributed by atoms with van der Waals surface area (Å²) in [5.41, 5.74) is 6.70. The van der Waals surface area contributed by atoms with Crippen molar-refractivity contribution in [3.8, 4) is 5.75 Å². The molecular formula is C14H22N2O4. The van der Waals surface area contributed by atoms with Crippen molar-refractivity contribution in [3.05, 3.63) is 23.8 Å². The number of methoxy groups -OCH3 is 2. The number of carbonyl (C=O) groups excluding carboxylic acids is 1. The van der Waals surface area contributed by atoms with Crippen LogP contribution >= 0.6 is 0 Å². The number of nitrogen functional groups attached to an aromatic ring is 1. The first-order valence-corrected chi connectivity index (χ1v) is 6.44. The SMILES string of the molecule is CCOc1cc(N)cc(C(=O)NCC(COC)OC)c1. The zero-order valence-electron chi connectivity index (χ0n) is 12.1. The Balaban J connectivity index is 2.67. The molecule has 1 rings (SSSR count). The van der Waals surface area contributed by atoms with Gasteiger partial charge in [0.05, 0.1) is 19.3 Å². The van der Waals surface area contributed by atoms with E-state index in [0.717, 1.165) is 0 Å². The number of hydrogen-bond acceptors (Lipinski definition) is 5. The molecule has 1 unspecified atom stereocenters. The zero-order valence-corrected chi connectivity index (χ0v) is 12.1. The van der Waals surface area contributed by atoms with Gasteiger partial charge in [0.1, 0.15) is 5.75 Å². The molecule has 3 N–H and O–H groups in total. The molecule has 6 nitrogen and oxygen atoms in total. The molecule has 0 aromatic heterocycles. The number of anilines is 1. The molecule has 0 bridgehead atoms. The van der Waals surface area contributed by atoms with Gasteiger partial charge in [-0.2, -0.15) is 0 Å². The van der Waals surface area contributed by atoms with Crippen LogP contribution in [0, 0.1) is 0 Å². The Bertz CT molecular complexity index is 437. The molecule has 0 aliphatic heterocycles. The predicted molar refractivity (Wildman–Crippen MR) is 77.0 cm³/mol. The summed E-state index contributed by atoms with van der Waals surface area (Å²) in [6, 6.07) is 4.95. The molecule has 112 valence electrons. The summed E-state index contributed by atoms with van der Waals surface area (Å²) in [6.07, 6.45) is -0.184. The van der Waals surface area contributed by atoms with Crippen LogP contribution in [0.25, 0.3) is 0 Å². The van der Waals surface area contributed by atoms with Gasteiger partial charge >= 0.3 is 0 Å². The summed E-state index contributed by atoms with van der Waals surface area (Å²) in [5.74, 6) is 0.356. The maximum atomic E-state index is 12.1. The fourth-order valence-corrected chi connectivity index (χ4v) is 1.71. The largest absolute Gasteiger partial charge is 0.494 e. The first-order chi connectivity index (χ1) is 9.60. The maximum absolute atomic E-state index is 12.1. The van der Waals surface area contributed by atoms with E-state index in [9.17, 15) is 4.79 Å². The van der Waals surface area contributed by atoms with Crippen molar-refractivity contribution in [1.29, 1.82) is 0 Å². The molecular weight excluding hydrogens is 260 g/mol. The second kappa shape index (κ2) is 8.39. The lowest BCUT2D eigenvalue weighted by molar-refractivity contribution is 0.0285. The van der Waals surface area contributed by atoms with Gasteiger partial charge < -0.3 is 25.3 Å². The number of hydrogen-bond donors (Lipinski definition) is 2. The van der Waals surface area contributed by atoms with Gasteiger partial charge in [-0.3, -0.25) is 4.79 Å². The van der Waals surface area contributed by atoms with E-state index < -0.39 is 0 Å². The van der Waals surface area contributed by atoms with Crippen LogP contribution in [-0.4, -0.2) is 46.0 Å². The summed E-state index contributed by atoms with van der Waals surface area (Å²) in [6.45, 7) is 3.17. The van der Waals surface area contributed by atoms with Crippen LogP contribution in [0.5, 0.6) is 5.75 Å². The Hall–Kier alpha value is -1.79. The molecule has 1 amide bonds. The number of amides is 1. The highest BCUT2D eigenvalue weighted by Gasteiger charge is 2.12. The van der Waals surface area contributed by atoms with Crippen molar-refractivity contribution in [3.63, 3.8) is 0 Å². The highest BCUT2D eigenvalue weighted by Crippen LogP contribution is 2.18. The molecule has 20 heavy (non-hydrogen) atoms. The van der Waals surface area contributed by atoms with Crippen LogP contribution in [0.2, 0.25) is 0 Å². The minimum atomic E-state index is -0.226. The standard InChI is InChI=1S/C14H22N2O4/c1-4-20-12-6-10(5-11(15)7-12)14(17)16-8-13(19-3)9-18-2/h5-7,13H,4,8-9,15H2,1-3H3,(H,16,17). The lowest BCUT2D eigenvalue weighted by Gasteiger charge is -2.15. The topological polar surface area (TPSA) is 82.8 Å². The number of carbonyl (C=O) groups is 1. The van der Waals surface area contributed by atoms with Crippen LogP contribution < -0.4 is 15.8 Å². The summed E-state index contributed by atoms with van der Waals surface area (Å²) < 4.78 is 15.5. The second-order valence-electron chi connectivity index (χ2n) is 4.25. The van der Waals surface area contributed by atoms with E-state index in [1.54, 1.807) is 32.4 Å². The summed E-state index contributed by atoms with van der Waals surface area (Å²) in [4.78, 5) is 12.1. The van der Waals surface area contributed by atoms with Gasteiger partial charge in [0.2, 0.25) is 0 Å².